The first-order chi connectivity index (χ1) is 13.2. The van der Waals surface area contributed by atoms with Gasteiger partial charge in [-0.05, 0) is 42.0 Å². The molecular weight excluding hydrogens is 338 g/mol. The van der Waals surface area contributed by atoms with Crippen LogP contribution in [0.4, 0.5) is 5.69 Å². The minimum absolute atomic E-state index is 0.0361. The summed E-state index contributed by atoms with van der Waals surface area (Å²) >= 11 is 0. The maximum atomic E-state index is 12.8. The first-order valence-electron chi connectivity index (χ1n) is 9.30. The molecule has 1 aliphatic heterocycles. The monoisotopic (exact) mass is 361 g/mol. The molecule has 0 bridgehead atoms. The molecule has 0 aliphatic carbocycles. The molecule has 1 saturated heterocycles. The second-order valence-corrected chi connectivity index (χ2v) is 6.79. The number of ether oxygens (including phenoxy) is 1. The van der Waals surface area contributed by atoms with Crippen molar-refractivity contribution in [3.05, 3.63) is 67.0 Å². The number of pyridine rings is 1. The van der Waals surface area contributed by atoms with E-state index >= 15 is 0 Å². The van der Waals surface area contributed by atoms with Gasteiger partial charge in [0.1, 0.15) is 5.75 Å². The van der Waals surface area contributed by atoms with Gasteiger partial charge in [-0.25, -0.2) is 0 Å². The Morgan fingerprint density at radius 2 is 1.78 bits per heavy atom. The van der Waals surface area contributed by atoms with Crippen LogP contribution in [0.3, 0.4) is 0 Å². The quantitative estimate of drug-likeness (QED) is 0.715. The lowest BCUT2D eigenvalue weighted by molar-refractivity contribution is -0.138. The van der Waals surface area contributed by atoms with Crippen molar-refractivity contribution in [2.24, 2.45) is 0 Å². The van der Waals surface area contributed by atoms with Crippen LogP contribution < -0.4 is 9.64 Å². The Morgan fingerprint density at radius 3 is 2.52 bits per heavy atom. The van der Waals surface area contributed by atoms with E-state index < -0.39 is 6.10 Å². The maximum Gasteiger partial charge on any atom is 0.263 e. The number of fused-ring (bicyclic) bond motifs is 1. The van der Waals surface area contributed by atoms with E-state index in [-0.39, 0.29) is 5.91 Å². The van der Waals surface area contributed by atoms with Crippen LogP contribution in [-0.4, -0.2) is 48.1 Å². The largest absolute Gasteiger partial charge is 0.481 e. The number of hydrogen-bond donors (Lipinski definition) is 0. The van der Waals surface area contributed by atoms with Crippen LogP contribution in [0.25, 0.3) is 10.8 Å². The normalized spacial score (nSPS) is 15.6. The second-order valence-electron chi connectivity index (χ2n) is 6.79. The van der Waals surface area contributed by atoms with E-state index in [1.807, 2.05) is 60.5 Å². The molecule has 0 spiro atoms. The van der Waals surface area contributed by atoms with E-state index in [1.54, 1.807) is 6.20 Å². The number of anilines is 1. The Hall–Kier alpha value is -3.08. The van der Waals surface area contributed by atoms with Crippen LogP contribution >= 0.6 is 0 Å². The fraction of sp³-hybridized carbons (Fsp3) is 0.273. The zero-order valence-electron chi connectivity index (χ0n) is 15.4. The summed E-state index contributed by atoms with van der Waals surface area (Å²) in [6, 6.07) is 18.0. The topological polar surface area (TPSA) is 45.7 Å². The highest BCUT2D eigenvalue weighted by Gasteiger charge is 2.26. The van der Waals surface area contributed by atoms with Crippen LogP contribution in [-0.2, 0) is 4.79 Å². The average molecular weight is 361 g/mol. The summed E-state index contributed by atoms with van der Waals surface area (Å²) in [7, 11) is 0. The summed E-state index contributed by atoms with van der Waals surface area (Å²) in [6.07, 6.45) is 3.13. The summed E-state index contributed by atoms with van der Waals surface area (Å²) in [5.74, 6) is 0.762. The summed E-state index contributed by atoms with van der Waals surface area (Å²) in [6.45, 7) is 4.82. The molecule has 27 heavy (non-hydrogen) atoms. The molecule has 138 valence electrons. The third kappa shape index (κ3) is 3.87. The number of carbonyl (C=O) groups is 1. The summed E-state index contributed by atoms with van der Waals surface area (Å²) in [5, 5.41) is 2.27. The van der Waals surface area contributed by atoms with Crippen molar-refractivity contribution in [2.75, 3.05) is 31.1 Å². The van der Waals surface area contributed by atoms with Gasteiger partial charge in [-0.1, -0.05) is 30.3 Å². The zero-order chi connectivity index (χ0) is 18.6. The third-order valence-electron chi connectivity index (χ3n) is 4.98. The first-order valence-corrected chi connectivity index (χ1v) is 9.30. The van der Waals surface area contributed by atoms with Gasteiger partial charge < -0.3 is 14.5 Å². The van der Waals surface area contributed by atoms with Gasteiger partial charge in [-0.15, -0.1) is 0 Å². The summed E-state index contributed by atoms with van der Waals surface area (Å²) < 4.78 is 5.93. The lowest BCUT2D eigenvalue weighted by Crippen LogP contribution is -2.52. The number of nitrogens with zero attached hydrogens (tertiary/aromatic N) is 3. The van der Waals surface area contributed by atoms with E-state index in [2.05, 4.69) is 22.0 Å². The van der Waals surface area contributed by atoms with Crippen molar-refractivity contribution in [2.45, 2.75) is 13.0 Å². The van der Waals surface area contributed by atoms with Crippen LogP contribution in [0.1, 0.15) is 6.92 Å². The van der Waals surface area contributed by atoms with Crippen molar-refractivity contribution >= 4 is 22.4 Å². The molecule has 0 unspecified atom stereocenters. The van der Waals surface area contributed by atoms with Gasteiger partial charge in [0.25, 0.3) is 5.91 Å². The number of carbonyl (C=O) groups excluding carboxylic acids is 1. The molecule has 5 heteroatoms. The van der Waals surface area contributed by atoms with Crippen molar-refractivity contribution in [1.82, 2.24) is 9.88 Å². The SMILES string of the molecule is C[C@H](Oc1ccc2ccccc2c1)C(=O)N1CCN(c2cccnc2)CC1. The summed E-state index contributed by atoms with van der Waals surface area (Å²) in [5.41, 5.74) is 1.10. The number of amides is 1. The molecule has 1 atom stereocenters. The van der Waals surface area contributed by atoms with Gasteiger partial charge >= 0.3 is 0 Å². The van der Waals surface area contributed by atoms with Crippen molar-refractivity contribution in [3.63, 3.8) is 0 Å². The van der Waals surface area contributed by atoms with Crippen LogP contribution in [0.15, 0.2) is 67.0 Å². The van der Waals surface area contributed by atoms with Gasteiger partial charge in [-0.2, -0.15) is 0 Å². The molecule has 0 N–H and O–H groups in total. The van der Waals surface area contributed by atoms with Crippen molar-refractivity contribution in [3.8, 4) is 5.75 Å². The van der Waals surface area contributed by atoms with E-state index in [0.29, 0.717) is 13.1 Å². The molecule has 3 aromatic rings. The molecule has 1 aromatic heterocycles. The van der Waals surface area contributed by atoms with Crippen LogP contribution in [0.2, 0.25) is 0 Å². The Bertz CT molecular complexity index is 921. The highest BCUT2D eigenvalue weighted by molar-refractivity contribution is 5.84. The highest BCUT2D eigenvalue weighted by atomic mass is 16.5. The standard InChI is InChI=1S/C22H23N3O2/c1-17(27-21-9-8-18-5-2-3-6-19(18)15-21)22(26)25-13-11-24(12-14-25)20-7-4-10-23-16-20/h2-10,15-17H,11-14H2,1H3/t17-/m0/s1. The third-order valence-corrected chi connectivity index (χ3v) is 4.98. The van der Waals surface area contributed by atoms with Gasteiger partial charge in [0, 0.05) is 32.4 Å². The van der Waals surface area contributed by atoms with E-state index in [1.165, 1.54) is 0 Å². The highest BCUT2D eigenvalue weighted by Crippen LogP contribution is 2.22. The molecule has 1 amide bonds. The van der Waals surface area contributed by atoms with Crippen molar-refractivity contribution < 1.29 is 9.53 Å². The van der Waals surface area contributed by atoms with Crippen molar-refractivity contribution in [1.29, 1.82) is 0 Å². The molecule has 2 heterocycles. The number of rotatable bonds is 4. The summed E-state index contributed by atoms with van der Waals surface area (Å²) in [4.78, 5) is 21.1. The Morgan fingerprint density at radius 1 is 1.00 bits per heavy atom. The predicted octanol–water partition coefficient (Wildman–Crippen LogP) is 3.35. The van der Waals surface area contributed by atoms with Gasteiger partial charge in [0.2, 0.25) is 0 Å². The zero-order valence-corrected chi connectivity index (χ0v) is 15.4. The van der Waals surface area contributed by atoms with Gasteiger partial charge in [0.15, 0.2) is 6.10 Å². The van der Waals surface area contributed by atoms with E-state index in [0.717, 1.165) is 35.3 Å². The Labute approximate surface area is 159 Å². The molecule has 1 fully saturated rings. The lowest BCUT2D eigenvalue weighted by atomic mass is 10.1. The maximum absolute atomic E-state index is 12.8. The lowest BCUT2D eigenvalue weighted by Gasteiger charge is -2.36. The van der Waals surface area contributed by atoms with E-state index in [4.69, 9.17) is 4.74 Å². The number of aromatic nitrogens is 1. The smallest absolute Gasteiger partial charge is 0.263 e. The molecule has 0 radical (unpaired) electrons. The fourth-order valence-electron chi connectivity index (χ4n) is 3.48. The minimum atomic E-state index is -0.504. The molecule has 1 aliphatic rings. The molecular formula is C22H23N3O2. The average Bonchev–Trinajstić information content (AvgIpc) is 2.74. The van der Waals surface area contributed by atoms with Gasteiger partial charge in [0.05, 0.1) is 11.9 Å². The number of piperazine rings is 1. The Balaban J connectivity index is 1.36. The minimum Gasteiger partial charge on any atom is -0.481 e. The first kappa shape index (κ1) is 17.3. The van der Waals surface area contributed by atoms with Gasteiger partial charge in [-0.3, -0.25) is 9.78 Å². The molecule has 4 rings (SSSR count). The second kappa shape index (κ2) is 7.66. The predicted molar refractivity (Wildman–Crippen MR) is 107 cm³/mol. The number of hydrogen-bond acceptors (Lipinski definition) is 4. The molecule has 2 aromatic carbocycles. The molecule has 0 saturated carbocycles. The van der Waals surface area contributed by atoms with E-state index in [9.17, 15) is 4.79 Å². The van der Waals surface area contributed by atoms with Crippen LogP contribution in [0, 0.1) is 0 Å². The number of benzene rings is 2. The fourth-order valence-corrected chi connectivity index (χ4v) is 3.48. The Kier molecular flexibility index (Phi) is 4.92. The van der Waals surface area contributed by atoms with Crippen LogP contribution in [0.5, 0.6) is 5.75 Å². The molecule has 5 nitrogen and oxygen atoms in total.